The number of carbonyl (C=O) groups excluding carboxylic acids is 4. The van der Waals surface area contributed by atoms with Gasteiger partial charge in [0.25, 0.3) is 5.91 Å². The molecule has 78 heavy (non-hydrogen) atoms. The minimum atomic E-state index is -4.31. The Morgan fingerprint density at radius 1 is 0.885 bits per heavy atom. The molecule has 0 radical (unpaired) electrons. The van der Waals surface area contributed by atoms with Crippen molar-refractivity contribution in [3.8, 4) is 5.75 Å². The van der Waals surface area contributed by atoms with E-state index in [1.165, 1.54) is 39.3 Å². The molecule has 0 unspecified atom stereocenters. The predicted molar refractivity (Wildman–Crippen MR) is 290 cm³/mol. The Bertz CT molecular complexity index is 3500. The van der Waals surface area contributed by atoms with E-state index in [-0.39, 0.29) is 47.7 Å². The molecule has 0 spiro atoms. The SMILES string of the molecule is C[Si]1(C)C2=CC(=[N+]3CCC3)C=CC2=C(c2cc(C(=O)NCc3cn([C@@H]4C[C@@H](C(=O)N[C@@H](Cc5ccc(OC(=O)N6CCCC6)cc5)C(=O)O)N(S(=O)(=O)c5ccccc5)C4)nn3)ccc2C(=O)[O-])c2ccc(N3CCC3)cc21. The second-order valence-electron chi connectivity index (χ2n) is 21.2. The quantitative estimate of drug-likeness (QED) is 0.100. The van der Waals surface area contributed by atoms with Gasteiger partial charge in [0.2, 0.25) is 15.9 Å². The molecule has 3 atom stereocenters. The van der Waals surface area contributed by atoms with Crippen LogP contribution in [0.5, 0.6) is 5.75 Å². The summed E-state index contributed by atoms with van der Waals surface area (Å²) >= 11 is 0. The van der Waals surface area contributed by atoms with Crippen molar-refractivity contribution in [3.05, 3.63) is 160 Å². The van der Waals surface area contributed by atoms with Gasteiger partial charge in [-0.1, -0.05) is 60.8 Å². The Kier molecular flexibility index (Phi) is 14.1. The van der Waals surface area contributed by atoms with Gasteiger partial charge < -0.3 is 40.2 Å². The first kappa shape index (κ1) is 52.1. The zero-order valence-electron chi connectivity index (χ0n) is 43.3. The lowest BCUT2D eigenvalue weighted by atomic mass is 9.86. The van der Waals surface area contributed by atoms with Crippen LogP contribution in [0.2, 0.25) is 13.1 Å². The number of fused-ring (bicyclic) bond motifs is 2. The van der Waals surface area contributed by atoms with Crippen LogP contribution < -0.4 is 30.6 Å². The molecule has 3 amide bonds. The van der Waals surface area contributed by atoms with Crippen LogP contribution >= 0.6 is 0 Å². The molecular weight excluding hydrogens is 1030 g/mol. The highest BCUT2D eigenvalue weighted by Crippen LogP contribution is 2.43. The van der Waals surface area contributed by atoms with Crippen LogP contribution in [0.1, 0.15) is 81.2 Å². The van der Waals surface area contributed by atoms with Crippen LogP contribution in [0.4, 0.5) is 10.5 Å². The lowest BCUT2D eigenvalue weighted by Crippen LogP contribution is -2.51. The Morgan fingerprint density at radius 3 is 2.32 bits per heavy atom. The highest BCUT2D eigenvalue weighted by atomic mass is 32.2. The first-order valence-corrected chi connectivity index (χ1v) is 30.8. The fourth-order valence-corrected chi connectivity index (χ4v) is 16.0. The number of hydrogen-bond acceptors (Lipinski definition) is 12. The normalized spacial score (nSPS) is 20.0. The van der Waals surface area contributed by atoms with Gasteiger partial charge in [-0.25, -0.2) is 27.3 Å². The summed E-state index contributed by atoms with van der Waals surface area (Å²) in [6.07, 6.45) is 11.4. The van der Waals surface area contributed by atoms with E-state index in [0.29, 0.717) is 29.9 Å². The summed E-state index contributed by atoms with van der Waals surface area (Å²) in [5.41, 5.74) is 6.23. The van der Waals surface area contributed by atoms with Gasteiger partial charge in [-0.15, -0.1) is 5.10 Å². The summed E-state index contributed by atoms with van der Waals surface area (Å²) in [5.74, 6) is -3.76. The molecule has 0 saturated carbocycles. The van der Waals surface area contributed by atoms with Gasteiger partial charge in [0, 0.05) is 68.1 Å². The summed E-state index contributed by atoms with van der Waals surface area (Å²) in [5, 5.41) is 39.7. The number of likely N-dealkylation sites (tertiary alicyclic amines) is 1. The van der Waals surface area contributed by atoms with E-state index in [4.69, 9.17) is 4.74 Å². The molecule has 21 heteroatoms. The maximum absolute atomic E-state index is 14.2. The molecule has 1 aliphatic carbocycles. The first-order valence-electron chi connectivity index (χ1n) is 26.4. The number of carbonyl (C=O) groups is 5. The number of rotatable bonds is 15. The van der Waals surface area contributed by atoms with Crippen molar-refractivity contribution in [2.24, 2.45) is 0 Å². The molecular formula is C57H59N9O10SSi. The third-order valence-electron chi connectivity index (χ3n) is 15.9. The number of carboxylic acids is 2. The third kappa shape index (κ3) is 10.1. The van der Waals surface area contributed by atoms with Crippen molar-refractivity contribution in [2.45, 2.75) is 81.2 Å². The maximum Gasteiger partial charge on any atom is 0.415 e. The molecule has 4 fully saturated rings. The molecule has 6 heterocycles. The van der Waals surface area contributed by atoms with E-state index in [0.717, 1.165) is 84.3 Å². The molecule has 19 nitrogen and oxygen atoms in total. The Hall–Kier alpha value is -8.01. The molecule has 0 bridgehead atoms. The highest BCUT2D eigenvalue weighted by molar-refractivity contribution is 7.89. The minimum Gasteiger partial charge on any atom is -0.545 e. The average molecular weight is 1090 g/mol. The van der Waals surface area contributed by atoms with Gasteiger partial charge in [0.1, 0.15) is 44.7 Å². The fraction of sp³-hybridized carbons (Fsp3) is 0.333. The van der Waals surface area contributed by atoms with Crippen LogP contribution in [-0.4, -0.2) is 144 Å². The summed E-state index contributed by atoms with van der Waals surface area (Å²) in [6.45, 7) is 9.49. The van der Waals surface area contributed by atoms with Crippen LogP contribution in [0.25, 0.3) is 5.57 Å². The molecule has 6 aliphatic rings. The summed E-state index contributed by atoms with van der Waals surface area (Å²) in [6, 6.07) is 21.3. The van der Waals surface area contributed by atoms with Gasteiger partial charge in [-0.2, -0.15) is 4.31 Å². The monoisotopic (exact) mass is 1090 g/mol. The number of aliphatic carboxylic acids is 1. The molecule has 402 valence electrons. The van der Waals surface area contributed by atoms with E-state index in [9.17, 15) is 42.6 Å². The molecule has 5 aromatic rings. The number of aromatic nitrogens is 3. The van der Waals surface area contributed by atoms with Crippen molar-refractivity contribution in [2.75, 3.05) is 50.7 Å². The fourth-order valence-electron chi connectivity index (χ4n) is 11.2. The number of aromatic carboxylic acids is 1. The summed E-state index contributed by atoms with van der Waals surface area (Å²) in [4.78, 5) is 70.3. The number of hydrogen-bond donors (Lipinski definition) is 3. The van der Waals surface area contributed by atoms with E-state index in [2.05, 4.69) is 79.9 Å². The topological polar surface area (TPSA) is 240 Å². The van der Waals surface area contributed by atoms with Crippen molar-refractivity contribution < 1.29 is 51.9 Å². The number of nitrogens with one attached hydrogen (secondary N) is 2. The minimum absolute atomic E-state index is 0.0461. The van der Waals surface area contributed by atoms with Gasteiger partial charge >= 0.3 is 12.1 Å². The number of benzene rings is 4. The van der Waals surface area contributed by atoms with Crippen LogP contribution in [0.3, 0.4) is 0 Å². The average Bonchev–Trinajstić information content (AvgIpc) is 4.32. The Morgan fingerprint density at radius 2 is 1.64 bits per heavy atom. The van der Waals surface area contributed by atoms with E-state index < -0.39 is 66.1 Å². The van der Waals surface area contributed by atoms with Gasteiger partial charge in [-0.3, -0.25) is 9.59 Å². The highest BCUT2D eigenvalue weighted by Gasteiger charge is 2.46. The second kappa shape index (κ2) is 21.1. The van der Waals surface area contributed by atoms with Gasteiger partial charge in [0.15, 0.2) is 5.71 Å². The lowest BCUT2D eigenvalue weighted by Gasteiger charge is -2.40. The van der Waals surface area contributed by atoms with Crippen LogP contribution in [0, 0.1) is 0 Å². The molecule has 3 N–H and O–H groups in total. The van der Waals surface area contributed by atoms with E-state index in [1.807, 2.05) is 0 Å². The Labute approximate surface area is 452 Å². The summed E-state index contributed by atoms with van der Waals surface area (Å²) < 4.78 is 38.8. The van der Waals surface area contributed by atoms with E-state index >= 15 is 0 Å². The predicted octanol–water partition coefficient (Wildman–Crippen LogP) is 3.82. The lowest BCUT2D eigenvalue weighted by molar-refractivity contribution is -0.582. The first-order chi connectivity index (χ1) is 37.5. The van der Waals surface area contributed by atoms with Crippen molar-refractivity contribution in [1.82, 2.24) is 34.8 Å². The van der Waals surface area contributed by atoms with Gasteiger partial charge in [-0.05, 0) is 119 Å². The van der Waals surface area contributed by atoms with Crippen molar-refractivity contribution in [3.63, 3.8) is 0 Å². The van der Waals surface area contributed by atoms with E-state index in [1.54, 1.807) is 59.6 Å². The number of nitrogens with zero attached hydrogens (tertiary/aromatic N) is 7. The maximum atomic E-state index is 14.2. The number of carboxylic acid groups (broad SMARTS) is 2. The molecule has 5 aliphatic heterocycles. The molecule has 4 aromatic carbocycles. The number of sulfonamides is 1. The second-order valence-corrected chi connectivity index (χ2v) is 27.4. The van der Waals surface area contributed by atoms with Gasteiger partial charge in [0.05, 0.1) is 36.1 Å². The number of amides is 3. The third-order valence-corrected chi connectivity index (χ3v) is 21.3. The van der Waals surface area contributed by atoms with Crippen molar-refractivity contribution >= 4 is 70.1 Å². The standard InChI is InChI=1S/C57H59N9O10SSi/c1-78(2)50-31-39(62-24-8-25-62)15-20-45(50)52(46-21-16-40(32-51(46)78)63-26-9-27-63)47-29-37(14-19-44(47)55(69)70)53(67)58-33-38-34-65(61-60-38)41-30-49(66(35-41)77(74,75)43-10-4-3-5-11-43)54(68)59-48(56(71)72)28-36-12-17-42(18-13-36)76-57(73)64-22-6-7-23-64/h3-5,10-21,29,31-32,34,41,48-49H,6-9,22-28,30,33,35H2,1-2H3,(H3-,58,59,67,68,69,70,71,72)/t41-,48+,49+/m1/s1. The number of ether oxygens (including phenoxy) is 1. The molecule has 11 rings (SSSR count). The zero-order valence-corrected chi connectivity index (χ0v) is 45.1. The Balaban J connectivity index is 0.821. The number of anilines is 1. The smallest absolute Gasteiger partial charge is 0.415 e. The molecule has 4 saturated heterocycles. The number of allylic oxidation sites excluding steroid dienone is 5. The molecule has 1 aromatic heterocycles. The summed E-state index contributed by atoms with van der Waals surface area (Å²) in [7, 11) is -6.67. The van der Waals surface area contributed by atoms with Crippen LogP contribution in [0.15, 0.2) is 131 Å². The van der Waals surface area contributed by atoms with Crippen LogP contribution in [-0.2, 0) is 32.6 Å². The van der Waals surface area contributed by atoms with Crippen molar-refractivity contribution in [1.29, 1.82) is 0 Å². The zero-order chi connectivity index (χ0) is 54.5. The largest absolute Gasteiger partial charge is 0.545 e.